The summed E-state index contributed by atoms with van der Waals surface area (Å²) in [6.07, 6.45) is 2.06. The highest BCUT2D eigenvalue weighted by Gasteiger charge is 2.46. The van der Waals surface area contributed by atoms with Crippen LogP contribution < -0.4 is 5.01 Å². The maximum absolute atomic E-state index is 10.4. The first kappa shape index (κ1) is 15.0. The summed E-state index contributed by atoms with van der Waals surface area (Å²) in [5, 5.41) is 31.4. The third kappa shape index (κ3) is 2.24. The molecule has 4 atom stereocenters. The number of aliphatic hydroxyl groups is 3. The summed E-state index contributed by atoms with van der Waals surface area (Å²) >= 11 is 0. The molecule has 1 unspecified atom stereocenters. The van der Waals surface area contributed by atoms with E-state index >= 15 is 0 Å². The van der Waals surface area contributed by atoms with Crippen LogP contribution in [0.2, 0.25) is 0 Å². The number of anilines is 1. The SMILES string of the molecule is OC[C@H]1OC(N(c2ncnc3nc[nH]c23)n2cccc2)[C@H](O)[C@@H]1O. The molecule has 0 spiro atoms. The lowest BCUT2D eigenvalue weighted by atomic mass is 10.1. The van der Waals surface area contributed by atoms with E-state index in [-0.39, 0.29) is 0 Å². The lowest BCUT2D eigenvalue weighted by molar-refractivity contribution is -0.0251. The van der Waals surface area contributed by atoms with Crippen LogP contribution in [0.3, 0.4) is 0 Å². The second-order valence-corrected chi connectivity index (χ2v) is 5.43. The van der Waals surface area contributed by atoms with Crippen LogP contribution in [0.5, 0.6) is 0 Å². The number of aliphatic hydroxyl groups excluding tert-OH is 3. The number of imidazole rings is 1. The lowest BCUT2D eigenvalue weighted by Crippen LogP contribution is -2.47. The number of hydrogen-bond acceptors (Lipinski definition) is 8. The average molecular weight is 332 g/mol. The number of rotatable bonds is 4. The Morgan fingerprint density at radius 1 is 1.17 bits per heavy atom. The van der Waals surface area contributed by atoms with Crippen LogP contribution in [0.15, 0.2) is 37.2 Å². The second kappa shape index (κ2) is 5.83. The van der Waals surface area contributed by atoms with Gasteiger partial charge in [-0.05, 0) is 12.1 Å². The fraction of sp³-hybridized carbons (Fsp3) is 0.357. The third-order valence-corrected chi connectivity index (χ3v) is 4.02. The predicted octanol–water partition coefficient (Wildman–Crippen LogP) is -1.14. The summed E-state index contributed by atoms with van der Waals surface area (Å²) in [6.45, 7) is -0.405. The lowest BCUT2D eigenvalue weighted by Gasteiger charge is -2.32. The van der Waals surface area contributed by atoms with Gasteiger partial charge in [0.05, 0.1) is 12.9 Å². The number of ether oxygens (including phenoxy) is 1. The van der Waals surface area contributed by atoms with Crippen LogP contribution in [-0.4, -0.2) is 71.1 Å². The smallest absolute Gasteiger partial charge is 0.182 e. The topological polar surface area (TPSA) is 133 Å². The largest absolute Gasteiger partial charge is 0.394 e. The summed E-state index contributed by atoms with van der Waals surface area (Å²) in [6, 6.07) is 3.61. The molecule has 1 aliphatic heterocycles. The van der Waals surface area contributed by atoms with Crippen molar-refractivity contribution in [2.24, 2.45) is 0 Å². The number of nitrogens with zero attached hydrogens (tertiary/aromatic N) is 5. The molecule has 24 heavy (non-hydrogen) atoms. The molecule has 126 valence electrons. The number of aromatic nitrogens is 5. The monoisotopic (exact) mass is 332 g/mol. The van der Waals surface area contributed by atoms with Crippen molar-refractivity contribution < 1.29 is 20.1 Å². The van der Waals surface area contributed by atoms with Gasteiger partial charge in [0.15, 0.2) is 17.7 Å². The second-order valence-electron chi connectivity index (χ2n) is 5.43. The summed E-state index contributed by atoms with van der Waals surface area (Å²) in [7, 11) is 0. The molecule has 4 rings (SSSR count). The van der Waals surface area contributed by atoms with E-state index in [1.807, 2.05) is 0 Å². The molecule has 1 aliphatic rings. The number of H-pyrrole nitrogens is 1. The van der Waals surface area contributed by atoms with Crippen molar-refractivity contribution in [3.05, 3.63) is 37.2 Å². The average Bonchev–Trinajstić information content (AvgIpc) is 3.32. The van der Waals surface area contributed by atoms with E-state index in [0.717, 1.165) is 0 Å². The molecule has 1 fully saturated rings. The first-order chi connectivity index (χ1) is 11.7. The van der Waals surface area contributed by atoms with Gasteiger partial charge >= 0.3 is 0 Å². The van der Waals surface area contributed by atoms with Gasteiger partial charge < -0.3 is 25.0 Å². The Hall–Kier alpha value is -2.53. The van der Waals surface area contributed by atoms with Crippen LogP contribution in [0, 0.1) is 0 Å². The minimum absolute atomic E-state index is 0.405. The molecular weight excluding hydrogens is 316 g/mol. The molecule has 0 aromatic carbocycles. The van der Waals surface area contributed by atoms with E-state index < -0.39 is 31.1 Å². The van der Waals surface area contributed by atoms with E-state index in [1.165, 1.54) is 12.7 Å². The van der Waals surface area contributed by atoms with Gasteiger partial charge in [0.2, 0.25) is 0 Å². The standard InChI is InChI=1S/C14H16N6O4/c21-5-8-10(22)11(23)14(24-8)20(19-3-1-2-4-19)13-9-12(16-6-15-9)17-7-18-13/h1-4,6-8,10-11,14,21-23H,5H2,(H,15,16,17,18)/t8-,10-,11-,14?/m1/s1. The minimum atomic E-state index is -1.24. The highest BCUT2D eigenvalue weighted by Crippen LogP contribution is 2.30. The fourth-order valence-electron chi connectivity index (χ4n) is 2.84. The molecule has 10 nitrogen and oxygen atoms in total. The molecule has 3 aromatic rings. The summed E-state index contributed by atoms with van der Waals surface area (Å²) in [4.78, 5) is 15.4. The van der Waals surface area contributed by atoms with E-state index in [0.29, 0.717) is 17.0 Å². The molecule has 0 bridgehead atoms. The Kier molecular flexibility index (Phi) is 3.65. The highest BCUT2D eigenvalue weighted by molar-refractivity contribution is 5.82. The van der Waals surface area contributed by atoms with Crippen LogP contribution in [0.25, 0.3) is 11.2 Å². The highest BCUT2D eigenvalue weighted by atomic mass is 16.6. The molecular formula is C14H16N6O4. The maximum Gasteiger partial charge on any atom is 0.182 e. The predicted molar refractivity (Wildman–Crippen MR) is 81.8 cm³/mol. The van der Waals surface area contributed by atoms with Gasteiger partial charge in [-0.1, -0.05) is 0 Å². The molecule has 3 aromatic heterocycles. The van der Waals surface area contributed by atoms with Crippen LogP contribution in [0.4, 0.5) is 5.82 Å². The van der Waals surface area contributed by atoms with Gasteiger partial charge in [0.1, 0.15) is 30.2 Å². The van der Waals surface area contributed by atoms with Crippen molar-refractivity contribution >= 4 is 17.0 Å². The van der Waals surface area contributed by atoms with Crippen LogP contribution >= 0.6 is 0 Å². The van der Waals surface area contributed by atoms with Crippen molar-refractivity contribution in [3.63, 3.8) is 0 Å². The van der Waals surface area contributed by atoms with Gasteiger partial charge in [-0.25, -0.2) is 20.0 Å². The number of fused-ring (bicyclic) bond motifs is 1. The summed E-state index contributed by atoms with van der Waals surface area (Å²) < 4.78 is 7.33. The Morgan fingerprint density at radius 3 is 2.67 bits per heavy atom. The Balaban J connectivity index is 1.83. The Bertz CT molecular complexity index is 822. The fourth-order valence-corrected chi connectivity index (χ4v) is 2.84. The van der Waals surface area contributed by atoms with Gasteiger partial charge in [-0.3, -0.25) is 4.68 Å². The zero-order valence-electron chi connectivity index (χ0n) is 12.5. The molecule has 4 heterocycles. The third-order valence-electron chi connectivity index (χ3n) is 4.02. The summed E-state index contributed by atoms with van der Waals surface area (Å²) in [5.74, 6) is 0.420. The molecule has 0 saturated carbocycles. The minimum Gasteiger partial charge on any atom is -0.394 e. The van der Waals surface area contributed by atoms with Gasteiger partial charge in [0.25, 0.3) is 0 Å². The number of hydrogen-bond donors (Lipinski definition) is 4. The molecule has 0 amide bonds. The quantitative estimate of drug-likeness (QED) is 0.471. The van der Waals surface area contributed by atoms with Crippen LogP contribution in [-0.2, 0) is 4.74 Å². The first-order valence-electron chi connectivity index (χ1n) is 7.39. The van der Waals surface area contributed by atoms with E-state index in [9.17, 15) is 15.3 Å². The van der Waals surface area contributed by atoms with Crippen molar-refractivity contribution in [2.75, 3.05) is 11.6 Å². The van der Waals surface area contributed by atoms with Crippen molar-refractivity contribution in [1.82, 2.24) is 24.6 Å². The molecule has 0 radical (unpaired) electrons. The maximum atomic E-state index is 10.4. The molecule has 10 heteroatoms. The van der Waals surface area contributed by atoms with Gasteiger partial charge in [0, 0.05) is 12.4 Å². The molecule has 0 aliphatic carbocycles. The van der Waals surface area contributed by atoms with Crippen LogP contribution in [0.1, 0.15) is 0 Å². The van der Waals surface area contributed by atoms with E-state index in [1.54, 1.807) is 34.2 Å². The van der Waals surface area contributed by atoms with Crippen molar-refractivity contribution in [2.45, 2.75) is 24.5 Å². The van der Waals surface area contributed by atoms with E-state index in [4.69, 9.17) is 4.74 Å². The molecule has 1 saturated heterocycles. The van der Waals surface area contributed by atoms with E-state index in [2.05, 4.69) is 19.9 Å². The zero-order valence-corrected chi connectivity index (χ0v) is 12.5. The number of nitrogens with one attached hydrogen (secondary N) is 1. The van der Waals surface area contributed by atoms with Gasteiger partial charge in [-0.15, -0.1) is 0 Å². The Morgan fingerprint density at radius 2 is 1.96 bits per heavy atom. The normalized spacial score (nSPS) is 27.0. The van der Waals surface area contributed by atoms with Crippen molar-refractivity contribution in [3.8, 4) is 0 Å². The Labute approximate surface area is 136 Å². The summed E-state index contributed by atoms with van der Waals surface area (Å²) in [5.41, 5.74) is 1.02. The van der Waals surface area contributed by atoms with Crippen molar-refractivity contribution in [1.29, 1.82) is 0 Å². The first-order valence-corrected chi connectivity index (χ1v) is 7.39. The number of aromatic amines is 1. The van der Waals surface area contributed by atoms with Gasteiger partial charge in [-0.2, -0.15) is 0 Å². The molecule has 4 N–H and O–H groups in total. The zero-order chi connectivity index (χ0) is 16.7.